The largest absolute Gasteiger partial charge is 0.394 e. The van der Waals surface area contributed by atoms with Crippen molar-refractivity contribution in [2.24, 2.45) is 0 Å². The maximum atomic E-state index is 12.3. The van der Waals surface area contributed by atoms with Crippen LogP contribution in [0.15, 0.2) is 36.5 Å². The van der Waals surface area contributed by atoms with Crippen molar-refractivity contribution in [3.05, 3.63) is 36.5 Å². The van der Waals surface area contributed by atoms with Crippen LogP contribution in [0, 0.1) is 0 Å². The number of rotatable bonds is 30. The molecule has 0 saturated carbocycles. The molecule has 1 amide bonds. The summed E-state index contributed by atoms with van der Waals surface area (Å²) in [7, 11) is 0. The first-order chi connectivity index (χ1) is 19.7. The lowest BCUT2D eigenvalue weighted by atomic mass is 10.1. The molecule has 0 rings (SSSR count). The molecule has 0 fully saturated rings. The van der Waals surface area contributed by atoms with E-state index in [0.717, 1.165) is 32.1 Å². The van der Waals surface area contributed by atoms with E-state index in [9.17, 15) is 15.0 Å². The van der Waals surface area contributed by atoms with Gasteiger partial charge in [-0.15, -0.1) is 0 Å². The van der Waals surface area contributed by atoms with Gasteiger partial charge < -0.3 is 15.5 Å². The van der Waals surface area contributed by atoms with Crippen molar-refractivity contribution in [3.8, 4) is 0 Å². The SMILES string of the molecule is CCCCCCC/C=C/CC/C=C/C(O)C(CO)NC(=O)CCCCCCCCC/C=C\CCCCCCCC. The van der Waals surface area contributed by atoms with Crippen LogP contribution in [0.1, 0.15) is 168 Å². The topological polar surface area (TPSA) is 69.6 Å². The molecule has 2 atom stereocenters. The third kappa shape index (κ3) is 28.1. The molecular weight excluding hydrogens is 494 g/mol. The molecule has 0 aliphatic rings. The van der Waals surface area contributed by atoms with E-state index in [0.29, 0.717) is 6.42 Å². The summed E-state index contributed by atoms with van der Waals surface area (Å²) >= 11 is 0. The van der Waals surface area contributed by atoms with Crippen LogP contribution in [-0.2, 0) is 4.79 Å². The standard InChI is InChI=1S/C36H67NO3/c1-3-5-7-9-11-13-15-16-17-18-19-20-22-24-26-28-30-32-36(40)37-34(33-38)35(39)31-29-27-25-23-21-14-12-10-8-6-4-2/h16-17,21,23,29,31,34-35,38-39H,3-15,18-20,22,24-28,30,32-33H2,1-2H3,(H,37,40)/b17-16-,23-21+,31-29+. The molecule has 40 heavy (non-hydrogen) atoms. The predicted octanol–water partition coefficient (Wildman–Crippen LogP) is 9.90. The summed E-state index contributed by atoms with van der Waals surface area (Å²) in [4.78, 5) is 12.3. The number of carbonyl (C=O) groups is 1. The maximum absolute atomic E-state index is 12.3. The molecule has 3 N–H and O–H groups in total. The maximum Gasteiger partial charge on any atom is 0.220 e. The van der Waals surface area contributed by atoms with Crippen molar-refractivity contribution in [1.82, 2.24) is 5.32 Å². The summed E-state index contributed by atoms with van der Waals surface area (Å²) in [6, 6.07) is -0.637. The van der Waals surface area contributed by atoms with E-state index in [4.69, 9.17) is 0 Å². The Kier molecular flexibility index (Phi) is 31.0. The summed E-state index contributed by atoms with van der Waals surface area (Å²) in [5.74, 6) is -0.0823. The molecule has 0 spiro atoms. The minimum absolute atomic E-state index is 0.0823. The highest BCUT2D eigenvalue weighted by molar-refractivity contribution is 5.76. The van der Waals surface area contributed by atoms with Gasteiger partial charge in [0.15, 0.2) is 0 Å². The average molecular weight is 562 g/mol. The van der Waals surface area contributed by atoms with Crippen molar-refractivity contribution in [3.63, 3.8) is 0 Å². The predicted molar refractivity (Wildman–Crippen MR) is 175 cm³/mol. The van der Waals surface area contributed by atoms with Crippen molar-refractivity contribution < 1.29 is 15.0 Å². The molecule has 0 aliphatic carbocycles. The average Bonchev–Trinajstić information content (AvgIpc) is 2.96. The van der Waals surface area contributed by atoms with Crippen LogP contribution in [-0.4, -0.2) is 34.9 Å². The number of aliphatic hydroxyl groups excluding tert-OH is 2. The van der Waals surface area contributed by atoms with Crippen LogP contribution in [0.5, 0.6) is 0 Å². The third-order valence-corrected chi connectivity index (χ3v) is 7.60. The van der Waals surface area contributed by atoms with E-state index in [1.807, 2.05) is 6.08 Å². The fourth-order valence-corrected chi connectivity index (χ4v) is 4.89. The summed E-state index contributed by atoms with van der Waals surface area (Å²) in [6.07, 6.45) is 40.8. The Bertz CT molecular complexity index is 613. The second kappa shape index (κ2) is 32.1. The normalized spacial score (nSPS) is 13.6. The Labute approximate surface area is 249 Å². The molecule has 0 aromatic carbocycles. The summed E-state index contributed by atoms with van der Waals surface area (Å²) in [5.41, 5.74) is 0. The van der Waals surface area contributed by atoms with Crippen LogP contribution in [0.2, 0.25) is 0 Å². The molecule has 0 radical (unpaired) electrons. The lowest BCUT2D eigenvalue weighted by Gasteiger charge is -2.19. The summed E-state index contributed by atoms with van der Waals surface area (Å²) in [6.45, 7) is 4.25. The monoisotopic (exact) mass is 562 g/mol. The van der Waals surface area contributed by atoms with Crippen LogP contribution >= 0.6 is 0 Å². The molecule has 0 aliphatic heterocycles. The van der Waals surface area contributed by atoms with Gasteiger partial charge in [0.05, 0.1) is 18.8 Å². The highest BCUT2D eigenvalue weighted by atomic mass is 16.3. The number of nitrogens with one attached hydrogen (secondary N) is 1. The zero-order valence-electron chi connectivity index (χ0n) is 26.6. The first-order valence-corrected chi connectivity index (χ1v) is 17.2. The van der Waals surface area contributed by atoms with E-state index in [2.05, 4.69) is 43.5 Å². The van der Waals surface area contributed by atoms with E-state index in [1.165, 1.54) is 116 Å². The third-order valence-electron chi connectivity index (χ3n) is 7.60. The number of hydrogen-bond donors (Lipinski definition) is 3. The Morgan fingerprint density at radius 2 is 0.975 bits per heavy atom. The Morgan fingerprint density at radius 3 is 1.45 bits per heavy atom. The zero-order chi connectivity index (χ0) is 29.4. The molecule has 0 heterocycles. The van der Waals surface area contributed by atoms with E-state index < -0.39 is 12.1 Å². The minimum Gasteiger partial charge on any atom is -0.394 e. The number of carbonyl (C=O) groups excluding carboxylic acids is 1. The second-order valence-corrected chi connectivity index (χ2v) is 11.6. The zero-order valence-corrected chi connectivity index (χ0v) is 26.6. The van der Waals surface area contributed by atoms with Crippen LogP contribution in [0.25, 0.3) is 0 Å². The van der Waals surface area contributed by atoms with E-state index >= 15 is 0 Å². The highest BCUT2D eigenvalue weighted by Gasteiger charge is 2.17. The molecule has 0 bridgehead atoms. The quantitative estimate of drug-likeness (QED) is 0.0603. The van der Waals surface area contributed by atoms with Crippen LogP contribution in [0.3, 0.4) is 0 Å². The van der Waals surface area contributed by atoms with Crippen LogP contribution < -0.4 is 5.32 Å². The molecule has 4 heteroatoms. The number of hydrogen-bond acceptors (Lipinski definition) is 3. The number of unbranched alkanes of at least 4 members (excludes halogenated alkanes) is 19. The van der Waals surface area contributed by atoms with Gasteiger partial charge in [0.2, 0.25) is 5.91 Å². The second-order valence-electron chi connectivity index (χ2n) is 11.6. The first kappa shape index (κ1) is 38.6. The Balaban J connectivity index is 3.67. The van der Waals surface area contributed by atoms with Gasteiger partial charge in [0, 0.05) is 6.42 Å². The van der Waals surface area contributed by atoms with E-state index in [1.54, 1.807) is 6.08 Å². The molecule has 4 nitrogen and oxygen atoms in total. The molecule has 234 valence electrons. The minimum atomic E-state index is -0.859. The van der Waals surface area contributed by atoms with Gasteiger partial charge in [-0.1, -0.05) is 140 Å². The van der Waals surface area contributed by atoms with Gasteiger partial charge in [-0.25, -0.2) is 0 Å². The first-order valence-electron chi connectivity index (χ1n) is 17.2. The van der Waals surface area contributed by atoms with Crippen molar-refractivity contribution in [2.75, 3.05) is 6.61 Å². The van der Waals surface area contributed by atoms with E-state index in [-0.39, 0.29) is 12.5 Å². The summed E-state index contributed by atoms with van der Waals surface area (Å²) in [5, 5.41) is 22.8. The van der Waals surface area contributed by atoms with Crippen LogP contribution in [0.4, 0.5) is 0 Å². The number of amides is 1. The summed E-state index contributed by atoms with van der Waals surface area (Å²) < 4.78 is 0. The van der Waals surface area contributed by atoms with Gasteiger partial charge in [-0.3, -0.25) is 4.79 Å². The molecule has 0 aromatic rings. The van der Waals surface area contributed by atoms with Gasteiger partial charge in [0.25, 0.3) is 0 Å². The molecule has 2 unspecified atom stereocenters. The van der Waals surface area contributed by atoms with Crippen molar-refractivity contribution in [2.45, 2.75) is 180 Å². The molecular formula is C36H67NO3. The molecule has 0 saturated heterocycles. The number of aliphatic hydroxyl groups is 2. The van der Waals surface area contributed by atoms with Gasteiger partial charge >= 0.3 is 0 Å². The van der Waals surface area contributed by atoms with Gasteiger partial charge in [-0.05, 0) is 57.8 Å². The smallest absolute Gasteiger partial charge is 0.220 e. The van der Waals surface area contributed by atoms with Gasteiger partial charge in [-0.2, -0.15) is 0 Å². The molecule has 0 aromatic heterocycles. The lowest BCUT2D eigenvalue weighted by Crippen LogP contribution is -2.45. The Morgan fingerprint density at radius 1 is 0.575 bits per heavy atom. The van der Waals surface area contributed by atoms with Crippen molar-refractivity contribution in [1.29, 1.82) is 0 Å². The number of allylic oxidation sites excluding steroid dienone is 5. The highest BCUT2D eigenvalue weighted by Crippen LogP contribution is 2.12. The van der Waals surface area contributed by atoms with Crippen molar-refractivity contribution >= 4 is 5.91 Å². The Hall–Kier alpha value is -1.39. The van der Waals surface area contributed by atoms with Gasteiger partial charge in [0.1, 0.15) is 0 Å². The fourth-order valence-electron chi connectivity index (χ4n) is 4.89. The fraction of sp³-hybridized carbons (Fsp3) is 0.806. The lowest BCUT2D eigenvalue weighted by molar-refractivity contribution is -0.123.